The molecule has 1 aromatic rings. The number of halogens is 3. The quantitative estimate of drug-likeness (QED) is 0.818. The fraction of sp³-hybridized carbons (Fsp3) is 0.462. The molecule has 1 amide bonds. The predicted octanol–water partition coefficient (Wildman–Crippen LogP) is 3.72. The van der Waals surface area contributed by atoms with Crippen molar-refractivity contribution in [1.29, 1.82) is 0 Å². The summed E-state index contributed by atoms with van der Waals surface area (Å²) >= 11 is 5.74. The fourth-order valence-corrected chi connectivity index (χ4v) is 2.90. The van der Waals surface area contributed by atoms with Gasteiger partial charge in [0, 0.05) is 16.2 Å². The van der Waals surface area contributed by atoms with Crippen LogP contribution in [0.2, 0.25) is 5.02 Å². The molecule has 4 nitrogen and oxygen atoms in total. The van der Waals surface area contributed by atoms with Gasteiger partial charge in [-0.25, -0.2) is 12.8 Å². The smallest absolute Gasteiger partial charge is 0.261 e. The molecule has 0 radical (unpaired) electrons. The Kier molecular flexibility index (Phi) is 5.63. The van der Waals surface area contributed by atoms with E-state index in [-0.39, 0.29) is 5.56 Å². The van der Waals surface area contributed by atoms with Gasteiger partial charge in [0.05, 0.1) is 15.5 Å². The molecule has 0 aliphatic rings. The van der Waals surface area contributed by atoms with Crippen LogP contribution in [0.1, 0.15) is 44.0 Å². The second-order valence-corrected chi connectivity index (χ2v) is 8.24. The molecule has 8 heteroatoms. The SMILES string of the molecule is CCCC(C)(C)NC(=O)c1cc(S(=O)(=O)Cl)cc(F)c1Cl. The van der Waals surface area contributed by atoms with Gasteiger partial charge in [-0.2, -0.15) is 0 Å². The lowest BCUT2D eigenvalue weighted by Crippen LogP contribution is -2.43. The van der Waals surface area contributed by atoms with E-state index in [0.717, 1.165) is 12.5 Å². The highest BCUT2D eigenvalue weighted by Crippen LogP contribution is 2.27. The third-order valence-electron chi connectivity index (χ3n) is 2.85. The van der Waals surface area contributed by atoms with E-state index in [9.17, 15) is 17.6 Å². The van der Waals surface area contributed by atoms with E-state index in [1.54, 1.807) is 13.8 Å². The Morgan fingerprint density at radius 3 is 2.43 bits per heavy atom. The molecule has 1 aromatic carbocycles. The third-order valence-corrected chi connectivity index (χ3v) is 4.57. The number of benzene rings is 1. The van der Waals surface area contributed by atoms with E-state index in [2.05, 4.69) is 5.32 Å². The van der Waals surface area contributed by atoms with Gasteiger partial charge in [-0.15, -0.1) is 0 Å². The minimum Gasteiger partial charge on any atom is -0.347 e. The van der Waals surface area contributed by atoms with Crippen molar-refractivity contribution < 1.29 is 17.6 Å². The monoisotopic (exact) mass is 355 g/mol. The van der Waals surface area contributed by atoms with Crippen LogP contribution in [0, 0.1) is 5.82 Å². The van der Waals surface area contributed by atoms with Crippen molar-refractivity contribution in [3.8, 4) is 0 Å². The summed E-state index contributed by atoms with van der Waals surface area (Å²) in [5.74, 6) is -1.67. The minimum absolute atomic E-state index is 0.264. The summed E-state index contributed by atoms with van der Waals surface area (Å²) in [6.45, 7) is 5.57. The molecular formula is C13H16Cl2FNO3S. The zero-order chi connectivity index (χ0) is 16.4. The van der Waals surface area contributed by atoms with Crippen LogP contribution < -0.4 is 5.32 Å². The summed E-state index contributed by atoms with van der Waals surface area (Å²) in [5, 5.41) is 2.25. The zero-order valence-corrected chi connectivity index (χ0v) is 14.2. The lowest BCUT2D eigenvalue weighted by molar-refractivity contribution is 0.0908. The molecule has 0 bridgehead atoms. The first kappa shape index (κ1) is 18.2. The summed E-state index contributed by atoms with van der Waals surface area (Å²) in [4.78, 5) is 11.7. The molecule has 0 unspecified atom stereocenters. The van der Waals surface area contributed by atoms with Crippen molar-refractivity contribution in [3.05, 3.63) is 28.5 Å². The van der Waals surface area contributed by atoms with Crippen molar-refractivity contribution >= 4 is 37.2 Å². The molecule has 1 N–H and O–H groups in total. The van der Waals surface area contributed by atoms with Crippen LogP contribution >= 0.6 is 22.3 Å². The summed E-state index contributed by atoms with van der Waals surface area (Å²) in [5.41, 5.74) is -0.790. The second-order valence-electron chi connectivity index (χ2n) is 5.29. The Labute approximate surface area is 133 Å². The third kappa shape index (κ3) is 4.83. The highest BCUT2D eigenvalue weighted by Gasteiger charge is 2.25. The maximum atomic E-state index is 13.7. The first-order chi connectivity index (χ1) is 9.48. The maximum absolute atomic E-state index is 13.7. The van der Waals surface area contributed by atoms with Crippen LogP contribution in [0.25, 0.3) is 0 Å². The van der Waals surface area contributed by atoms with E-state index in [0.29, 0.717) is 12.5 Å². The summed E-state index contributed by atoms with van der Waals surface area (Å²) in [6, 6.07) is 1.64. The van der Waals surface area contributed by atoms with Crippen LogP contribution in [0.15, 0.2) is 17.0 Å². The Hall–Kier alpha value is -0.850. The van der Waals surface area contributed by atoms with Gasteiger partial charge in [-0.05, 0) is 32.4 Å². The Balaban J connectivity index is 3.24. The molecule has 0 atom stereocenters. The van der Waals surface area contributed by atoms with E-state index in [1.807, 2.05) is 6.92 Å². The lowest BCUT2D eigenvalue weighted by atomic mass is 9.98. The highest BCUT2D eigenvalue weighted by atomic mass is 35.7. The normalized spacial score (nSPS) is 12.3. The van der Waals surface area contributed by atoms with Gasteiger partial charge in [0.1, 0.15) is 5.82 Å². The van der Waals surface area contributed by atoms with Crippen molar-refractivity contribution in [3.63, 3.8) is 0 Å². The standard InChI is InChI=1S/C13H16Cl2FNO3S/c1-4-5-13(2,3)17-12(18)9-6-8(21(15,19)20)7-10(16)11(9)14/h6-7H,4-5H2,1-3H3,(H,17,18). The largest absolute Gasteiger partial charge is 0.347 e. The van der Waals surface area contributed by atoms with Crippen LogP contribution in [0.5, 0.6) is 0 Å². The topological polar surface area (TPSA) is 63.2 Å². The predicted molar refractivity (Wildman–Crippen MR) is 80.9 cm³/mol. The van der Waals surface area contributed by atoms with E-state index < -0.39 is 36.2 Å². The molecular weight excluding hydrogens is 340 g/mol. The summed E-state index contributed by atoms with van der Waals surface area (Å²) < 4.78 is 36.2. The van der Waals surface area contributed by atoms with Crippen molar-refractivity contribution in [2.45, 2.75) is 44.0 Å². The number of hydrogen-bond donors (Lipinski definition) is 1. The zero-order valence-electron chi connectivity index (χ0n) is 11.8. The van der Waals surface area contributed by atoms with Crippen molar-refractivity contribution in [1.82, 2.24) is 5.32 Å². The Morgan fingerprint density at radius 1 is 1.38 bits per heavy atom. The number of carbonyl (C=O) groups excluding carboxylic acids is 1. The Bertz CT molecular complexity index is 660. The molecule has 0 fully saturated rings. The molecule has 0 saturated heterocycles. The molecule has 1 rings (SSSR count). The first-order valence-corrected chi connectivity index (χ1v) is 8.93. The average Bonchev–Trinajstić information content (AvgIpc) is 2.29. The molecule has 0 spiro atoms. The minimum atomic E-state index is -4.16. The number of rotatable bonds is 5. The van der Waals surface area contributed by atoms with Gasteiger partial charge in [0.25, 0.3) is 15.0 Å². The number of nitrogens with one attached hydrogen (secondary N) is 1. The van der Waals surface area contributed by atoms with Crippen LogP contribution in [-0.2, 0) is 9.05 Å². The highest BCUT2D eigenvalue weighted by molar-refractivity contribution is 8.13. The van der Waals surface area contributed by atoms with Crippen LogP contribution in [-0.4, -0.2) is 19.9 Å². The van der Waals surface area contributed by atoms with Gasteiger partial charge >= 0.3 is 0 Å². The molecule has 0 heterocycles. The first-order valence-electron chi connectivity index (χ1n) is 6.24. The van der Waals surface area contributed by atoms with Gasteiger partial charge < -0.3 is 5.32 Å². The molecule has 0 aromatic heterocycles. The van der Waals surface area contributed by atoms with E-state index >= 15 is 0 Å². The van der Waals surface area contributed by atoms with Gasteiger partial charge in [0.15, 0.2) is 0 Å². The lowest BCUT2D eigenvalue weighted by Gasteiger charge is -2.26. The number of hydrogen-bond acceptors (Lipinski definition) is 3. The average molecular weight is 356 g/mol. The number of carbonyl (C=O) groups is 1. The van der Waals surface area contributed by atoms with Crippen LogP contribution in [0.4, 0.5) is 4.39 Å². The molecule has 0 aliphatic carbocycles. The molecule has 0 saturated carbocycles. The maximum Gasteiger partial charge on any atom is 0.261 e. The molecule has 0 aliphatic heterocycles. The molecule has 118 valence electrons. The van der Waals surface area contributed by atoms with Crippen molar-refractivity contribution in [2.24, 2.45) is 0 Å². The second kappa shape index (κ2) is 6.50. The van der Waals surface area contributed by atoms with E-state index in [1.165, 1.54) is 0 Å². The Morgan fingerprint density at radius 2 is 1.95 bits per heavy atom. The van der Waals surface area contributed by atoms with E-state index in [4.69, 9.17) is 22.3 Å². The van der Waals surface area contributed by atoms with Crippen molar-refractivity contribution in [2.75, 3.05) is 0 Å². The summed E-state index contributed by atoms with van der Waals surface area (Å²) in [6.07, 6.45) is 1.54. The van der Waals surface area contributed by atoms with Crippen LogP contribution in [0.3, 0.4) is 0 Å². The summed E-state index contributed by atoms with van der Waals surface area (Å²) in [7, 11) is 1.01. The molecule has 21 heavy (non-hydrogen) atoms. The number of amides is 1. The fourth-order valence-electron chi connectivity index (χ4n) is 1.93. The van der Waals surface area contributed by atoms with Gasteiger partial charge in [0.2, 0.25) is 0 Å². The van der Waals surface area contributed by atoms with Gasteiger partial charge in [-0.1, -0.05) is 24.9 Å². The van der Waals surface area contributed by atoms with Gasteiger partial charge in [-0.3, -0.25) is 4.79 Å².